The second kappa shape index (κ2) is 13.6. The highest BCUT2D eigenvalue weighted by Gasteiger charge is 2.25. The summed E-state index contributed by atoms with van der Waals surface area (Å²) in [4.78, 5) is 56.6. The average molecular weight is 388 g/mol. The van der Waals surface area contributed by atoms with Crippen molar-refractivity contribution in [2.45, 2.75) is 63.1 Å². The van der Waals surface area contributed by atoms with Crippen LogP contribution in [0.1, 0.15) is 44.9 Å². The number of nitrogens with two attached hydrogens (primary N) is 2. The first-order valence-corrected chi connectivity index (χ1v) is 8.66. The molecular formula is C16H28N4O7. The molecule has 0 heterocycles. The summed E-state index contributed by atoms with van der Waals surface area (Å²) in [5.41, 5.74) is 11.0. The number of hydrogen-bond acceptors (Lipinski definition) is 7. The molecule has 0 aromatic heterocycles. The van der Waals surface area contributed by atoms with Crippen molar-refractivity contribution in [2.75, 3.05) is 6.54 Å². The number of amides is 2. The van der Waals surface area contributed by atoms with Crippen molar-refractivity contribution in [1.82, 2.24) is 10.6 Å². The Labute approximate surface area is 156 Å². The van der Waals surface area contributed by atoms with Crippen molar-refractivity contribution >= 4 is 30.0 Å². The van der Waals surface area contributed by atoms with Crippen LogP contribution in [0.15, 0.2) is 0 Å². The Morgan fingerprint density at radius 2 is 1.48 bits per heavy atom. The standard InChI is InChI=1S/C16H28N4O7/c17-8-2-1-3-12(20-15(26)11(18)5-7-14(24)25)16(27)19-10(9-21)4-6-13(22)23/h9-12H,1-8,17-18H2,(H,19,27)(H,20,26)(H,22,23)(H,24,25)/t10-,11-,12-/m0/s1. The molecule has 0 aliphatic rings. The molecule has 0 aromatic carbocycles. The minimum Gasteiger partial charge on any atom is -0.481 e. The number of hydrogen-bond donors (Lipinski definition) is 6. The Kier molecular flexibility index (Phi) is 12.4. The van der Waals surface area contributed by atoms with E-state index in [1.54, 1.807) is 0 Å². The zero-order valence-corrected chi connectivity index (χ0v) is 15.1. The van der Waals surface area contributed by atoms with Gasteiger partial charge < -0.3 is 37.1 Å². The van der Waals surface area contributed by atoms with Gasteiger partial charge in [0.15, 0.2) is 0 Å². The molecule has 3 atom stereocenters. The average Bonchev–Trinajstić information content (AvgIpc) is 2.61. The van der Waals surface area contributed by atoms with Crippen molar-refractivity contribution in [3.05, 3.63) is 0 Å². The second-order valence-electron chi connectivity index (χ2n) is 6.07. The molecule has 27 heavy (non-hydrogen) atoms. The summed E-state index contributed by atoms with van der Waals surface area (Å²) in [7, 11) is 0. The van der Waals surface area contributed by atoms with Crippen LogP contribution in [-0.2, 0) is 24.0 Å². The summed E-state index contributed by atoms with van der Waals surface area (Å²) in [6.45, 7) is 0.399. The van der Waals surface area contributed by atoms with Crippen LogP contribution in [0.25, 0.3) is 0 Å². The molecule has 0 unspecified atom stereocenters. The van der Waals surface area contributed by atoms with Crippen molar-refractivity contribution in [2.24, 2.45) is 11.5 Å². The maximum Gasteiger partial charge on any atom is 0.303 e. The molecule has 154 valence electrons. The van der Waals surface area contributed by atoms with Gasteiger partial charge in [0.05, 0.1) is 12.1 Å². The topological polar surface area (TPSA) is 202 Å². The number of rotatable bonds is 15. The van der Waals surface area contributed by atoms with Crippen LogP contribution in [0, 0.1) is 0 Å². The maximum absolute atomic E-state index is 12.4. The van der Waals surface area contributed by atoms with Crippen molar-refractivity contribution < 1.29 is 34.2 Å². The quantitative estimate of drug-likeness (QED) is 0.140. The lowest BCUT2D eigenvalue weighted by Crippen LogP contribution is -2.53. The monoisotopic (exact) mass is 388 g/mol. The van der Waals surface area contributed by atoms with E-state index in [1.165, 1.54) is 0 Å². The Morgan fingerprint density at radius 1 is 0.889 bits per heavy atom. The molecular weight excluding hydrogens is 360 g/mol. The van der Waals surface area contributed by atoms with Gasteiger partial charge in [-0.2, -0.15) is 0 Å². The predicted octanol–water partition coefficient (Wildman–Crippen LogP) is -1.66. The smallest absolute Gasteiger partial charge is 0.303 e. The third-order valence-corrected chi connectivity index (χ3v) is 3.75. The summed E-state index contributed by atoms with van der Waals surface area (Å²) < 4.78 is 0. The van der Waals surface area contributed by atoms with Crippen molar-refractivity contribution in [3.63, 3.8) is 0 Å². The Balaban J connectivity index is 4.86. The number of aldehydes is 1. The molecule has 2 amide bonds. The minimum absolute atomic E-state index is 0.0772. The van der Waals surface area contributed by atoms with Gasteiger partial charge in [-0.15, -0.1) is 0 Å². The van der Waals surface area contributed by atoms with Gasteiger partial charge in [0.25, 0.3) is 0 Å². The third kappa shape index (κ3) is 11.7. The number of carbonyl (C=O) groups is 5. The first-order chi connectivity index (χ1) is 12.7. The van der Waals surface area contributed by atoms with Crippen LogP contribution in [0.4, 0.5) is 0 Å². The molecule has 0 aromatic rings. The first kappa shape index (κ1) is 24.5. The van der Waals surface area contributed by atoms with Crippen LogP contribution in [0.2, 0.25) is 0 Å². The van der Waals surface area contributed by atoms with Gasteiger partial charge in [0, 0.05) is 12.8 Å². The third-order valence-electron chi connectivity index (χ3n) is 3.75. The molecule has 11 nitrogen and oxygen atoms in total. The summed E-state index contributed by atoms with van der Waals surface area (Å²) in [6.07, 6.45) is 1.05. The van der Waals surface area contributed by atoms with Crippen molar-refractivity contribution in [3.8, 4) is 0 Å². The molecule has 0 radical (unpaired) electrons. The van der Waals surface area contributed by atoms with Gasteiger partial charge in [-0.3, -0.25) is 19.2 Å². The van der Waals surface area contributed by atoms with Gasteiger partial charge >= 0.3 is 11.9 Å². The number of carboxylic acids is 2. The van der Waals surface area contributed by atoms with E-state index < -0.39 is 41.9 Å². The lowest BCUT2D eigenvalue weighted by molar-refractivity contribution is -0.138. The highest BCUT2D eigenvalue weighted by Crippen LogP contribution is 2.04. The molecule has 11 heteroatoms. The molecule has 8 N–H and O–H groups in total. The van der Waals surface area contributed by atoms with Crippen LogP contribution in [0.3, 0.4) is 0 Å². The van der Waals surface area contributed by atoms with Gasteiger partial charge in [0.1, 0.15) is 12.3 Å². The molecule has 0 rings (SSSR count). The molecule has 0 saturated heterocycles. The lowest BCUT2D eigenvalue weighted by Gasteiger charge is -2.22. The van der Waals surface area contributed by atoms with Gasteiger partial charge in [-0.1, -0.05) is 0 Å². The summed E-state index contributed by atoms with van der Waals surface area (Å²) in [6, 6.07) is -3.09. The van der Waals surface area contributed by atoms with Crippen LogP contribution >= 0.6 is 0 Å². The van der Waals surface area contributed by atoms with Gasteiger partial charge in [0.2, 0.25) is 11.8 Å². The summed E-state index contributed by atoms with van der Waals surface area (Å²) in [5.74, 6) is -3.53. The van der Waals surface area contributed by atoms with Crippen LogP contribution in [0.5, 0.6) is 0 Å². The number of aliphatic carboxylic acids is 2. The number of carbonyl (C=O) groups excluding carboxylic acids is 3. The molecule has 0 spiro atoms. The predicted molar refractivity (Wildman–Crippen MR) is 94.5 cm³/mol. The molecule has 0 fully saturated rings. The fraction of sp³-hybridized carbons (Fsp3) is 0.688. The second-order valence-corrected chi connectivity index (χ2v) is 6.07. The highest BCUT2D eigenvalue weighted by atomic mass is 16.4. The van der Waals surface area contributed by atoms with E-state index in [4.69, 9.17) is 21.7 Å². The molecule has 0 bridgehead atoms. The Bertz CT molecular complexity index is 527. The minimum atomic E-state index is -1.10. The first-order valence-electron chi connectivity index (χ1n) is 8.66. The van der Waals surface area contributed by atoms with E-state index in [1.807, 2.05) is 0 Å². The van der Waals surface area contributed by atoms with E-state index >= 15 is 0 Å². The van der Waals surface area contributed by atoms with Crippen LogP contribution < -0.4 is 22.1 Å². The van der Waals surface area contributed by atoms with E-state index in [0.717, 1.165) is 0 Å². The van der Waals surface area contributed by atoms with E-state index in [9.17, 15) is 24.0 Å². The molecule has 0 aliphatic carbocycles. The normalized spacial score (nSPS) is 13.9. The SMILES string of the molecule is NCCCC[C@H](NC(=O)[C@@H](N)CCC(=O)O)C(=O)N[C@H](C=O)CCC(=O)O. The van der Waals surface area contributed by atoms with Gasteiger partial charge in [-0.25, -0.2) is 0 Å². The molecule has 0 saturated carbocycles. The zero-order valence-electron chi connectivity index (χ0n) is 15.1. The maximum atomic E-state index is 12.4. The van der Waals surface area contributed by atoms with Crippen LogP contribution in [-0.4, -0.2) is 64.9 Å². The Morgan fingerprint density at radius 3 is 2.00 bits per heavy atom. The molecule has 0 aliphatic heterocycles. The number of carboxylic acid groups (broad SMARTS) is 2. The summed E-state index contributed by atoms with van der Waals surface area (Å²) >= 11 is 0. The largest absolute Gasteiger partial charge is 0.481 e. The van der Waals surface area contributed by atoms with E-state index in [0.29, 0.717) is 25.7 Å². The summed E-state index contributed by atoms with van der Waals surface area (Å²) in [5, 5.41) is 22.1. The van der Waals surface area contributed by atoms with E-state index in [2.05, 4.69) is 10.6 Å². The lowest BCUT2D eigenvalue weighted by atomic mass is 10.1. The Hall–Kier alpha value is -2.53. The highest BCUT2D eigenvalue weighted by molar-refractivity contribution is 5.91. The number of unbranched alkanes of at least 4 members (excludes halogenated alkanes) is 1. The number of nitrogens with one attached hydrogen (secondary N) is 2. The van der Waals surface area contributed by atoms with E-state index in [-0.39, 0.29) is 32.1 Å². The van der Waals surface area contributed by atoms with Crippen molar-refractivity contribution in [1.29, 1.82) is 0 Å². The fourth-order valence-electron chi connectivity index (χ4n) is 2.19. The zero-order chi connectivity index (χ0) is 20.8. The van der Waals surface area contributed by atoms with Gasteiger partial charge in [-0.05, 0) is 38.6 Å². The fourth-order valence-corrected chi connectivity index (χ4v) is 2.19.